The largest absolute Gasteiger partial charge is 0.464 e. The Morgan fingerprint density at radius 1 is 1.14 bits per heavy atom. The van der Waals surface area contributed by atoms with E-state index in [2.05, 4.69) is 41.5 Å². The lowest BCUT2D eigenvalue weighted by atomic mass is 9.64. The molecule has 0 spiro atoms. The van der Waals surface area contributed by atoms with Gasteiger partial charge >= 0.3 is 5.97 Å². The Bertz CT molecular complexity index is 310. The van der Waals surface area contributed by atoms with Crippen molar-refractivity contribution in [2.75, 3.05) is 27.2 Å². The summed E-state index contributed by atoms with van der Waals surface area (Å²) in [5.74, 6) is 0.314. The summed E-state index contributed by atoms with van der Waals surface area (Å²) in [6.45, 7) is 14.4. The van der Waals surface area contributed by atoms with Crippen LogP contribution in [0.1, 0.15) is 67.2 Å². The number of likely N-dealkylation sites (N-methyl/N-ethyl adjacent to an activating group) is 1. The standard InChI is InChI=1S/C18H37NO2/c1-9-15(4)18(6,14-17(5,10-2)11-3)16(20)21-13-12-19(7)8/h15H,9-14H2,1-8H3. The highest BCUT2D eigenvalue weighted by molar-refractivity contribution is 5.76. The molecule has 0 heterocycles. The lowest BCUT2D eigenvalue weighted by Crippen LogP contribution is -2.41. The maximum absolute atomic E-state index is 12.7. The van der Waals surface area contributed by atoms with Crippen molar-refractivity contribution in [3.8, 4) is 0 Å². The van der Waals surface area contributed by atoms with E-state index in [1.54, 1.807) is 0 Å². The van der Waals surface area contributed by atoms with Gasteiger partial charge in [-0.1, -0.05) is 53.9 Å². The molecule has 0 aliphatic heterocycles. The van der Waals surface area contributed by atoms with E-state index < -0.39 is 0 Å². The van der Waals surface area contributed by atoms with Crippen molar-refractivity contribution < 1.29 is 9.53 Å². The quantitative estimate of drug-likeness (QED) is 0.561. The minimum absolute atomic E-state index is 0.0215. The van der Waals surface area contributed by atoms with Crippen molar-refractivity contribution in [3.05, 3.63) is 0 Å². The van der Waals surface area contributed by atoms with Crippen LogP contribution in [0.2, 0.25) is 0 Å². The number of nitrogens with zero attached hydrogens (tertiary/aromatic N) is 1. The molecule has 2 unspecified atom stereocenters. The minimum Gasteiger partial charge on any atom is -0.464 e. The topological polar surface area (TPSA) is 29.5 Å². The van der Waals surface area contributed by atoms with Gasteiger partial charge in [-0.3, -0.25) is 4.79 Å². The van der Waals surface area contributed by atoms with E-state index in [1.807, 2.05) is 19.0 Å². The highest BCUT2D eigenvalue weighted by atomic mass is 16.5. The van der Waals surface area contributed by atoms with Crippen molar-refractivity contribution in [3.63, 3.8) is 0 Å². The number of esters is 1. The van der Waals surface area contributed by atoms with Crippen molar-refractivity contribution in [2.45, 2.75) is 67.2 Å². The van der Waals surface area contributed by atoms with Gasteiger partial charge in [0.1, 0.15) is 6.61 Å². The van der Waals surface area contributed by atoms with E-state index in [0.29, 0.717) is 12.5 Å². The van der Waals surface area contributed by atoms with Gasteiger partial charge in [0.25, 0.3) is 0 Å². The molecule has 3 nitrogen and oxygen atoms in total. The Labute approximate surface area is 132 Å². The molecule has 0 aromatic rings. The summed E-state index contributed by atoms with van der Waals surface area (Å²) < 4.78 is 5.60. The summed E-state index contributed by atoms with van der Waals surface area (Å²) in [4.78, 5) is 14.8. The molecular weight excluding hydrogens is 262 g/mol. The Kier molecular flexibility index (Phi) is 8.53. The summed E-state index contributed by atoms with van der Waals surface area (Å²) in [5, 5.41) is 0. The van der Waals surface area contributed by atoms with Gasteiger partial charge in [0, 0.05) is 6.54 Å². The maximum Gasteiger partial charge on any atom is 0.312 e. The molecule has 21 heavy (non-hydrogen) atoms. The molecule has 0 aromatic carbocycles. The highest BCUT2D eigenvalue weighted by Crippen LogP contribution is 2.45. The zero-order chi connectivity index (χ0) is 16.7. The van der Waals surface area contributed by atoms with Crippen LogP contribution < -0.4 is 0 Å². The Morgan fingerprint density at radius 2 is 1.67 bits per heavy atom. The van der Waals surface area contributed by atoms with E-state index in [4.69, 9.17) is 4.74 Å². The second-order valence-corrected chi connectivity index (χ2v) is 7.36. The lowest BCUT2D eigenvalue weighted by molar-refractivity contribution is -0.161. The third-order valence-corrected chi connectivity index (χ3v) is 5.44. The normalized spacial score (nSPS) is 16.6. The van der Waals surface area contributed by atoms with Crippen molar-refractivity contribution in [1.82, 2.24) is 4.90 Å². The summed E-state index contributed by atoms with van der Waals surface area (Å²) >= 11 is 0. The van der Waals surface area contributed by atoms with E-state index in [9.17, 15) is 4.79 Å². The maximum atomic E-state index is 12.7. The van der Waals surface area contributed by atoms with Crippen molar-refractivity contribution >= 4 is 5.97 Å². The van der Waals surface area contributed by atoms with Gasteiger partial charge < -0.3 is 9.64 Å². The fourth-order valence-corrected chi connectivity index (χ4v) is 2.77. The van der Waals surface area contributed by atoms with Gasteiger partial charge in [0.15, 0.2) is 0 Å². The second kappa shape index (κ2) is 8.77. The molecule has 126 valence electrons. The molecule has 0 fully saturated rings. The third kappa shape index (κ3) is 5.98. The minimum atomic E-state index is -0.387. The van der Waals surface area contributed by atoms with Gasteiger partial charge in [-0.2, -0.15) is 0 Å². The third-order valence-electron chi connectivity index (χ3n) is 5.44. The van der Waals surface area contributed by atoms with Crippen molar-refractivity contribution in [1.29, 1.82) is 0 Å². The van der Waals surface area contributed by atoms with Crippen LogP contribution in [-0.2, 0) is 9.53 Å². The average molecular weight is 299 g/mol. The molecule has 0 bridgehead atoms. The monoisotopic (exact) mass is 299 g/mol. The lowest BCUT2D eigenvalue weighted by Gasteiger charge is -2.40. The first-order valence-electron chi connectivity index (χ1n) is 8.47. The fraction of sp³-hybridized carbons (Fsp3) is 0.944. The SMILES string of the molecule is CCC(C)C(C)(CC(C)(CC)CC)C(=O)OCCN(C)C. The van der Waals surface area contributed by atoms with Crippen LogP contribution in [0.15, 0.2) is 0 Å². The number of ether oxygens (including phenoxy) is 1. The fourth-order valence-electron chi connectivity index (χ4n) is 2.77. The number of carbonyl (C=O) groups is 1. The smallest absolute Gasteiger partial charge is 0.312 e. The van der Waals surface area contributed by atoms with Gasteiger partial charge in [0.05, 0.1) is 5.41 Å². The Hall–Kier alpha value is -0.570. The zero-order valence-electron chi connectivity index (χ0n) is 15.6. The number of hydrogen-bond acceptors (Lipinski definition) is 3. The molecule has 3 heteroatoms. The predicted molar refractivity (Wildman–Crippen MR) is 90.4 cm³/mol. The number of rotatable bonds is 10. The van der Waals surface area contributed by atoms with E-state index in [0.717, 1.165) is 32.2 Å². The summed E-state index contributed by atoms with van der Waals surface area (Å²) in [7, 11) is 3.99. The number of hydrogen-bond donors (Lipinski definition) is 0. The average Bonchev–Trinajstić information content (AvgIpc) is 2.45. The van der Waals surface area contributed by atoms with Gasteiger partial charge in [-0.05, 0) is 38.8 Å². The van der Waals surface area contributed by atoms with Crippen LogP contribution in [0.25, 0.3) is 0 Å². The molecule has 0 saturated carbocycles. The molecule has 0 N–H and O–H groups in total. The van der Waals surface area contributed by atoms with Crippen LogP contribution in [0.3, 0.4) is 0 Å². The predicted octanol–water partition coefficient (Wildman–Crippen LogP) is 4.36. The van der Waals surface area contributed by atoms with Crippen LogP contribution >= 0.6 is 0 Å². The first kappa shape index (κ1) is 20.4. The second-order valence-electron chi connectivity index (χ2n) is 7.36. The Morgan fingerprint density at radius 3 is 2.05 bits per heavy atom. The first-order valence-corrected chi connectivity index (χ1v) is 8.47. The van der Waals surface area contributed by atoms with Gasteiger partial charge in [-0.15, -0.1) is 0 Å². The molecule has 0 radical (unpaired) electrons. The van der Waals surface area contributed by atoms with Crippen LogP contribution in [0.4, 0.5) is 0 Å². The van der Waals surface area contributed by atoms with Crippen molar-refractivity contribution in [2.24, 2.45) is 16.7 Å². The first-order chi connectivity index (χ1) is 9.65. The van der Waals surface area contributed by atoms with Crippen LogP contribution in [0.5, 0.6) is 0 Å². The molecule has 0 rings (SSSR count). The van der Waals surface area contributed by atoms with E-state index in [-0.39, 0.29) is 16.8 Å². The Balaban J connectivity index is 5.03. The molecule has 0 saturated heterocycles. The molecule has 0 amide bonds. The van der Waals surface area contributed by atoms with Gasteiger partial charge in [-0.25, -0.2) is 0 Å². The van der Waals surface area contributed by atoms with Crippen LogP contribution in [-0.4, -0.2) is 38.1 Å². The molecule has 0 aromatic heterocycles. The summed E-state index contributed by atoms with van der Waals surface area (Å²) in [5.41, 5.74) is -0.180. The molecule has 0 aliphatic carbocycles. The summed E-state index contributed by atoms with van der Waals surface area (Å²) in [6, 6.07) is 0. The zero-order valence-corrected chi connectivity index (χ0v) is 15.6. The summed E-state index contributed by atoms with van der Waals surface area (Å²) in [6.07, 6.45) is 4.10. The van der Waals surface area contributed by atoms with Gasteiger partial charge in [0.2, 0.25) is 0 Å². The van der Waals surface area contributed by atoms with Crippen LogP contribution in [0, 0.1) is 16.7 Å². The number of carbonyl (C=O) groups excluding carboxylic acids is 1. The van der Waals surface area contributed by atoms with E-state index in [1.165, 1.54) is 0 Å². The molecule has 0 aliphatic rings. The highest BCUT2D eigenvalue weighted by Gasteiger charge is 2.43. The van der Waals surface area contributed by atoms with E-state index >= 15 is 0 Å². The molecule has 2 atom stereocenters. The molecular formula is C18H37NO2.